The van der Waals surface area contributed by atoms with Gasteiger partial charge in [-0.25, -0.2) is 0 Å². The zero-order valence-corrected chi connectivity index (χ0v) is 12.3. The monoisotopic (exact) mass is 290 g/mol. The molecule has 112 valence electrons. The molecule has 7 nitrogen and oxygen atoms in total. The SMILES string of the molecule is Cc1cc(C(=O)NCC(=O)NCc2ccc(C)o2)n(C)n1. The Labute approximate surface area is 122 Å². The maximum Gasteiger partial charge on any atom is 0.269 e. The molecule has 0 unspecified atom stereocenters. The summed E-state index contributed by atoms with van der Waals surface area (Å²) in [5.74, 6) is 0.854. The number of aromatic nitrogens is 2. The maximum atomic E-state index is 11.9. The van der Waals surface area contributed by atoms with Crippen molar-refractivity contribution in [1.29, 1.82) is 0 Å². The molecule has 2 aromatic heterocycles. The summed E-state index contributed by atoms with van der Waals surface area (Å²) in [5, 5.41) is 9.30. The first-order chi connectivity index (χ1) is 9.95. The largest absolute Gasteiger partial charge is 0.465 e. The highest BCUT2D eigenvalue weighted by Crippen LogP contribution is 2.05. The van der Waals surface area contributed by atoms with Crippen LogP contribution in [0.15, 0.2) is 22.6 Å². The molecule has 7 heteroatoms. The van der Waals surface area contributed by atoms with Gasteiger partial charge in [0.2, 0.25) is 5.91 Å². The van der Waals surface area contributed by atoms with E-state index < -0.39 is 0 Å². The van der Waals surface area contributed by atoms with E-state index in [9.17, 15) is 9.59 Å². The van der Waals surface area contributed by atoms with Gasteiger partial charge in [0.15, 0.2) is 0 Å². The lowest BCUT2D eigenvalue weighted by molar-refractivity contribution is -0.120. The first kappa shape index (κ1) is 14.8. The van der Waals surface area contributed by atoms with E-state index in [-0.39, 0.29) is 18.4 Å². The van der Waals surface area contributed by atoms with Crippen LogP contribution in [-0.4, -0.2) is 28.1 Å². The molecule has 2 heterocycles. The number of carbonyl (C=O) groups is 2. The van der Waals surface area contributed by atoms with Crippen LogP contribution in [0.3, 0.4) is 0 Å². The van der Waals surface area contributed by atoms with E-state index in [1.165, 1.54) is 4.68 Å². The third-order valence-electron chi connectivity index (χ3n) is 2.90. The van der Waals surface area contributed by atoms with Crippen LogP contribution in [0, 0.1) is 13.8 Å². The number of nitrogens with zero attached hydrogens (tertiary/aromatic N) is 2. The fourth-order valence-electron chi connectivity index (χ4n) is 1.90. The van der Waals surface area contributed by atoms with E-state index in [1.54, 1.807) is 26.1 Å². The molecule has 0 aromatic carbocycles. The average Bonchev–Trinajstić information content (AvgIpc) is 2.99. The van der Waals surface area contributed by atoms with Crippen molar-refractivity contribution in [2.24, 2.45) is 7.05 Å². The molecule has 2 amide bonds. The van der Waals surface area contributed by atoms with Crippen molar-refractivity contribution in [2.45, 2.75) is 20.4 Å². The number of nitrogens with one attached hydrogen (secondary N) is 2. The van der Waals surface area contributed by atoms with Gasteiger partial charge < -0.3 is 15.1 Å². The Kier molecular flexibility index (Phi) is 4.42. The Morgan fingerprint density at radius 1 is 1.29 bits per heavy atom. The summed E-state index contributed by atoms with van der Waals surface area (Å²) in [6.45, 7) is 3.84. The van der Waals surface area contributed by atoms with Gasteiger partial charge in [-0.15, -0.1) is 0 Å². The summed E-state index contributed by atoms with van der Waals surface area (Å²) in [6.07, 6.45) is 0. The number of hydrogen-bond acceptors (Lipinski definition) is 4. The first-order valence-electron chi connectivity index (χ1n) is 6.56. The minimum absolute atomic E-state index is 0.0945. The molecule has 0 aliphatic heterocycles. The van der Waals surface area contributed by atoms with Crippen LogP contribution >= 0.6 is 0 Å². The number of carbonyl (C=O) groups excluding carboxylic acids is 2. The zero-order chi connectivity index (χ0) is 15.4. The smallest absolute Gasteiger partial charge is 0.269 e. The van der Waals surface area contributed by atoms with Crippen LogP contribution in [0.4, 0.5) is 0 Å². The van der Waals surface area contributed by atoms with Gasteiger partial charge in [-0.3, -0.25) is 14.3 Å². The second-order valence-corrected chi connectivity index (χ2v) is 4.77. The van der Waals surface area contributed by atoms with Crippen LogP contribution < -0.4 is 10.6 Å². The van der Waals surface area contributed by atoms with E-state index in [0.29, 0.717) is 18.0 Å². The van der Waals surface area contributed by atoms with Crippen LogP contribution in [0.1, 0.15) is 27.7 Å². The van der Waals surface area contributed by atoms with Crippen LogP contribution in [0.2, 0.25) is 0 Å². The molecule has 0 bridgehead atoms. The minimum atomic E-state index is -0.331. The topological polar surface area (TPSA) is 89.2 Å². The number of hydrogen-bond donors (Lipinski definition) is 2. The van der Waals surface area contributed by atoms with Gasteiger partial charge in [0.25, 0.3) is 5.91 Å². The molecule has 0 saturated carbocycles. The molecule has 0 spiro atoms. The lowest BCUT2D eigenvalue weighted by Gasteiger charge is -2.06. The Morgan fingerprint density at radius 3 is 2.62 bits per heavy atom. The minimum Gasteiger partial charge on any atom is -0.465 e. The molecule has 0 radical (unpaired) electrons. The van der Waals surface area contributed by atoms with Gasteiger partial charge in [-0.2, -0.15) is 5.10 Å². The summed E-state index contributed by atoms with van der Waals surface area (Å²) < 4.78 is 6.81. The Balaban J connectivity index is 1.78. The van der Waals surface area contributed by atoms with Gasteiger partial charge in [0.1, 0.15) is 17.2 Å². The fourth-order valence-corrected chi connectivity index (χ4v) is 1.90. The average molecular weight is 290 g/mol. The molecule has 2 aromatic rings. The summed E-state index contributed by atoms with van der Waals surface area (Å²) in [7, 11) is 1.68. The van der Waals surface area contributed by atoms with Gasteiger partial charge in [0.05, 0.1) is 18.8 Å². The van der Waals surface area contributed by atoms with Crippen molar-refractivity contribution < 1.29 is 14.0 Å². The molecule has 0 atom stereocenters. The van der Waals surface area contributed by atoms with Gasteiger partial charge in [0, 0.05) is 7.05 Å². The normalized spacial score (nSPS) is 10.4. The molecule has 0 aliphatic rings. The quantitative estimate of drug-likeness (QED) is 0.847. The summed E-state index contributed by atoms with van der Waals surface area (Å²) in [6, 6.07) is 5.29. The third-order valence-corrected chi connectivity index (χ3v) is 2.90. The lowest BCUT2D eigenvalue weighted by Crippen LogP contribution is -2.37. The van der Waals surface area contributed by atoms with Crippen molar-refractivity contribution in [2.75, 3.05) is 6.54 Å². The standard InChI is InChI=1S/C14H18N4O3/c1-9-6-12(18(3)17-9)14(20)16-8-13(19)15-7-11-5-4-10(2)21-11/h4-6H,7-8H2,1-3H3,(H,15,19)(H,16,20). The van der Waals surface area contributed by atoms with Crippen LogP contribution in [-0.2, 0) is 18.4 Å². The van der Waals surface area contributed by atoms with E-state index in [0.717, 1.165) is 11.5 Å². The van der Waals surface area contributed by atoms with Crippen LogP contribution in [0.5, 0.6) is 0 Å². The number of amides is 2. The summed E-state index contributed by atoms with van der Waals surface area (Å²) >= 11 is 0. The highest BCUT2D eigenvalue weighted by Gasteiger charge is 2.12. The maximum absolute atomic E-state index is 11.9. The predicted octanol–water partition coefficient (Wildman–Crippen LogP) is 0.676. The lowest BCUT2D eigenvalue weighted by atomic mass is 10.3. The van der Waals surface area contributed by atoms with Crippen molar-refractivity contribution in [1.82, 2.24) is 20.4 Å². The second kappa shape index (κ2) is 6.25. The first-order valence-corrected chi connectivity index (χ1v) is 6.56. The van der Waals surface area contributed by atoms with E-state index in [2.05, 4.69) is 15.7 Å². The molecule has 0 fully saturated rings. The third kappa shape index (κ3) is 3.95. The fraction of sp³-hybridized carbons (Fsp3) is 0.357. The molecule has 0 aliphatic carbocycles. The van der Waals surface area contributed by atoms with Gasteiger partial charge in [-0.05, 0) is 32.0 Å². The highest BCUT2D eigenvalue weighted by molar-refractivity contribution is 5.95. The molecule has 2 rings (SSSR count). The molecular formula is C14H18N4O3. The molecular weight excluding hydrogens is 272 g/mol. The summed E-state index contributed by atoms with van der Waals surface area (Å²) in [4.78, 5) is 23.5. The molecule has 2 N–H and O–H groups in total. The zero-order valence-electron chi connectivity index (χ0n) is 12.3. The van der Waals surface area contributed by atoms with Crippen molar-refractivity contribution in [3.05, 3.63) is 41.1 Å². The van der Waals surface area contributed by atoms with E-state index >= 15 is 0 Å². The van der Waals surface area contributed by atoms with Crippen molar-refractivity contribution >= 4 is 11.8 Å². The number of rotatable bonds is 5. The van der Waals surface area contributed by atoms with Gasteiger partial charge in [-0.1, -0.05) is 0 Å². The molecule has 21 heavy (non-hydrogen) atoms. The predicted molar refractivity (Wildman–Crippen MR) is 75.6 cm³/mol. The van der Waals surface area contributed by atoms with E-state index in [1.807, 2.05) is 13.0 Å². The highest BCUT2D eigenvalue weighted by atomic mass is 16.3. The van der Waals surface area contributed by atoms with Crippen molar-refractivity contribution in [3.8, 4) is 0 Å². The van der Waals surface area contributed by atoms with Gasteiger partial charge >= 0.3 is 0 Å². The Hall–Kier alpha value is -2.57. The Morgan fingerprint density at radius 2 is 2.05 bits per heavy atom. The number of furan rings is 1. The second-order valence-electron chi connectivity index (χ2n) is 4.77. The van der Waals surface area contributed by atoms with Crippen molar-refractivity contribution in [3.63, 3.8) is 0 Å². The summed E-state index contributed by atoms with van der Waals surface area (Å²) in [5.41, 5.74) is 1.17. The van der Waals surface area contributed by atoms with Crippen LogP contribution in [0.25, 0.3) is 0 Å². The number of aryl methyl sites for hydroxylation is 3. The molecule has 0 saturated heterocycles. The Bertz CT molecular complexity index is 657. The van der Waals surface area contributed by atoms with E-state index in [4.69, 9.17) is 4.42 Å².